The molecule has 0 spiro atoms. The normalized spacial score (nSPS) is 12.0. The maximum atomic E-state index is 13.7. The fourth-order valence-corrected chi connectivity index (χ4v) is 5.46. The number of halogens is 2. The van der Waals surface area contributed by atoms with E-state index in [1.807, 2.05) is 6.92 Å². The molecular weight excluding hydrogens is 533 g/mol. The fraction of sp³-hybridized carbons (Fsp3) is 0.259. The van der Waals surface area contributed by atoms with Gasteiger partial charge in [-0.2, -0.15) is 0 Å². The molecule has 0 aliphatic rings. The Morgan fingerprint density at radius 3 is 2.19 bits per heavy atom. The highest BCUT2D eigenvalue weighted by Gasteiger charge is 2.32. The lowest BCUT2D eigenvalue weighted by atomic mass is 10.1. The third-order valence-electron chi connectivity index (χ3n) is 5.76. The van der Waals surface area contributed by atoms with Crippen molar-refractivity contribution in [2.75, 3.05) is 17.4 Å². The molecule has 0 radical (unpaired) electrons. The van der Waals surface area contributed by atoms with Gasteiger partial charge in [0.05, 0.1) is 10.6 Å². The molecule has 0 aliphatic heterocycles. The number of nitrogens with zero attached hydrogens (tertiary/aromatic N) is 2. The summed E-state index contributed by atoms with van der Waals surface area (Å²) in [5.74, 6) is -0.901. The van der Waals surface area contributed by atoms with Crippen molar-refractivity contribution in [1.29, 1.82) is 0 Å². The van der Waals surface area contributed by atoms with Crippen molar-refractivity contribution in [3.8, 4) is 0 Å². The molecule has 3 rings (SSSR count). The van der Waals surface area contributed by atoms with Crippen molar-refractivity contribution >= 4 is 50.7 Å². The summed E-state index contributed by atoms with van der Waals surface area (Å²) in [6.45, 7) is 5.17. The molecule has 0 saturated heterocycles. The van der Waals surface area contributed by atoms with Crippen LogP contribution in [0.1, 0.15) is 25.0 Å². The van der Waals surface area contributed by atoms with Gasteiger partial charge in [-0.1, -0.05) is 53.0 Å². The minimum absolute atomic E-state index is 0.0408. The van der Waals surface area contributed by atoms with Crippen LogP contribution in [0.25, 0.3) is 0 Å². The summed E-state index contributed by atoms with van der Waals surface area (Å²) in [4.78, 5) is 27.9. The molecule has 1 N–H and O–H groups in total. The first kappa shape index (κ1) is 28.5. The van der Waals surface area contributed by atoms with Crippen molar-refractivity contribution < 1.29 is 18.0 Å². The Hall–Kier alpha value is -3.07. The molecule has 10 heteroatoms. The number of anilines is 1. The van der Waals surface area contributed by atoms with Gasteiger partial charge in [0.25, 0.3) is 10.0 Å². The SMILES string of the molecule is CCNC(=O)[C@@H](C)N(Cc1cccc(Cl)c1)C(=O)CN(c1ccc(Cl)cc1)S(=O)(=O)c1ccc(C)cc1. The minimum atomic E-state index is -4.13. The number of rotatable bonds is 10. The van der Waals surface area contributed by atoms with Gasteiger partial charge >= 0.3 is 0 Å². The number of carbonyl (C=O) groups excluding carboxylic acids is 2. The summed E-state index contributed by atoms with van der Waals surface area (Å²) in [6.07, 6.45) is 0. The lowest BCUT2D eigenvalue weighted by Crippen LogP contribution is -2.51. The highest BCUT2D eigenvalue weighted by atomic mass is 35.5. The molecule has 2 amide bonds. The standard InChI is InChI=1S/C27H29Cl2N3O4S/c1-4-30-27(34)20(3)31(17-21-6-5-7-23(29)16-21)26(33)18-32(24-12-10-22(28)11-13-24)37(35,36)25-14-8-19(2)9-15-25/h5-16,20H,4,17-18H2,1-3H3,(H,30,34)/t20-/m1/s1. The number of likely N-dealkylation sites (N-methyl/N-ethyl adjacent to an activating group) is 1. The van der Waals surface area contributed by atoms with Crippen molar-refractivity contribution in [3.05, 3.63) is 94.0 Å². The molecular formula is C27H29Cl2N3O4S. The maximum Gasteiger partial charge on any atom is 0.264 e. The number of hydrogen-bond acceptors (Lipinski definition) is 4. The Bertz CT molecular complexity index is 1350. The zero-order chi connectivity index (χ0) is 27.2. The van der Waals surface area contributed by atoms with Gasteiger partial charge in [-0.05, 0) is 74.9 Å². The Morgan fingerprint density at radius 1 is 0.946 bits per heavy atom. The van der Waals surface area contributed by atoms with Crippen molar-refractivity contribution in [3.63, 3.8) is 0 Å². The van der Waals surface area contributed by atoms with Gasteiger partial charge in [0.1, 0.15) is 12.6 Å². The van der Waals surface area contributed by atoms with Crippen LogP contribution in [0.5, 0.6) is 0 Å². The molecule has 0 aliphatic carbocycles. The minimum Gasteiger partial charge on any atom is -0.355 e. The van der Waals surface area contributed by atoms with Gasteiger partial charge in [0.2, 0.25) is 11.8 Å². The van der Waals surface area contributed by atoms with Crippen molar-refractivity contribution in [2.24, 2.45) is 0 Å². The zero-order valence-corrected chi connectivity index (χ0v) is 23.1. The lowest BCUT2D eigenvalue weighted by Gasteiger charge is -2.32. The third-order valence-corrected chi connectivity index (χ3v) is 8.04. The topological polar surface area (TPSA) is 86.8 Å². The number of hydrogen-bond donors (Lipinski definition) is 1. The van der Waals surface area contributed by atoms with E-state index in [1.165, 1.54) is 29.2 Å². The van der Waals surface area contributed by atoms with Crippen LogP contribution in [-0.4, -0.2) is 44.3 Å². The van der Waals surface area contributed by atoms with E-state index in [0.717, 1.165) is 9.87 Å². The van der Waals surface area contributed by atoms with Crippen LogP contribution in [0.15, 0.2) is 77.7 Å². The predicted molar refractivity (Wildman–Crippen MR) is 147 cm³/mol. The number of aryl methyl sites for hydroxylation is 1. The maximum absolute atomic E-state index is 13.7. The Kier molecular flexibility index (Phi) is 9.59. The number of nitrogens with one attached hydrogen (secondary N) is 1. The number of amides is 2. The largest absolute Gasteiger partial charge is 0.355 e. The first-order valence-electron chi connectivity index (χ1n) is 11.7. The average molecular weight is 563 g/mol. The van der Waals surface area contributed by atoms with Crippen molar-refractivity contribution in [1.82, 2.24) is 10.2 Å². The first-order chi connectivity index (χ1) is 17.5. The third kappa shape index (κ3) is 7.25. The predicted octanol–water partition coefficient (Wildman–Crippen LogP) is 5.05. The van der Waals surface area contributed by atoms with Crippen LogP contribution < -0.4 is 9.62 Å². The van der Waals surface area contributed by atoms with Gasteiger partial charge in [-0.3, -0.25) is 13.9 Å². The van der Waals surface area contributed by atoms with Gasteiger partial charge in [-0.15, -0.1) is 0 Å². The lowest BCUT2D eigenvalue weighted by molar-refractivity contribution is -0.139. The molecule has 196 valence electrons. The number of benzene rings is 3. The monoisotopic (exact) mass is 561 g/mol. The van der Waals surface area contributed by atoms with Gasteiger partial charge in [-0.25, -0.2) is 8.42 Å². The summed E-state index contributed by atoms with van der Waals surface area (Å²) >= 11 is 12.2. The van der Waals surface area contributed by atoms with E-state index in [1.54, 1.807) is 62.4 Å². The van der Waals surface area contributed by atoms with Gasteiger partial charge in [0.15, 0.2) is 0 Å². The molecule has 0 saturated carbocycles. The number of sulfonamides is 1. The Morgan fingerprint density at radius 2 is 1.59 bits per heavy atom. The molecule has 1 atom stereocenters. The first-order valence-corrected chi connectivity index (χ1v) is 13.9. The second kappa shape index (κ2) is 12.4. The van der Waals surface area contributed by atoms with E-state index in [4.69, 9.17) is 23.2 Å². The molecule has 37 heavy (non-hydrogen) atoms. The van der Waals surface area contributed by atoms with E-state index >= 15 is 0 Å². The summed E-state index contributed by atoms with van der Waals surface area (Å²) in [6, 6.07) is 18.7. The highest BCUT2D eigenvalue weighted by Crippen LogP contribution is 2.26. The van der Waals surface area contributed by atoms with E-state index in [0.29, 0.717) is 22.2 Å². The molecule has 7 nitrogen and oxygen atoms in total. The van der Waals surface area contributed by atoms with Gasteiger partial charge in [0, 0.05) is 23.1 Å². The molecule has 0 fully saturated rings. The molecule has 0 aromatic heterocycles. The molecule has 0 heterocycles. The van der Waals surface area contributed by atoms with Crippen LogP contribution in [0.3, 0.4) is 0 Å². The fourth-order valence-electron chi connectivity index (χ4n) is 3.71. The summed E-state index contributed by atoms with van der Waals surface area (Å²) < 4.78 is 28.5. The molecule has 3 aromatic carbocycles. The van der Waals surface area contributed by atoms with E-state index in [2.05, 4.69) is 5.32 Å². The smallest absolute Gasteiger partial charge is 0.264 e. The van der Waals surface area contributed by atoms with E-state index in [9.17, 15) is 18.0 Å². The van der Waals surface area contributed by atoms with Crippen LogP contribution in [0, 0.1) is 6.92 Å². The summed E-state index contributed by atoms with van der Waals surface area (Å²) in [7, 11) is -4.13. The van der Waals surface area contributed by atoms with Crippen LogP contribution in [-0.2, 0) is 26.2 Å². The van der Waals surface area contributed by atoms with Crippen molar-refractivity contribution in [2.45, 2.75) is 38.3 Å². The summed E-state index contributed by atoms with van der Waals surface area (Å²) in [5, 5.41) is 3.64. The quantitative estimate of drug-likeness (QED) is 0.375. The zero-order valence-electron chi connectivity index (χ0n) is 20.8. The molecule has 0 bridgehead atoms. The van der Waals surface area contributed by atoms with Crippen LogP contribution in [0.4, 0.5) is 5.69 Å². The van der Waals surface area contributed by atoms with E-state index < -0.39 is 28.5 Å². The second-order valence-electron chi connectivity index (χ2n) is 8.52. The average Bonchev–Trinajstić information content (AvgIpc) is 2.86. The summed E-state index contributed by atoms with van der Waals surface area (Å²) in [5.41, 5.74) is 1.87. The molecule has 0 unspecified atom stereocenters. The second-order valence-corrected chi connectivity index (χ2v) is 11.3. The Balaban J connectivity index is 2.02. The van der Waals surface area contributed by atoms with E-state index in [-0.39, 0.29) is 23.0 Å². The number of carbonyl (C=O) groups is 2. The van der Waals surface area contributed by atoms with Crippen LogP contribution in [0.2, 0.25) is 10.0 Å². The van der Waals surface area contributed by atoms with Crippen LogP contribution >= 0.6 is 23.2 Å². The Labute approximate surface area is 228 Å². The van der Waals surface area contributed by atoms with Gasteiger partial charge < -0.3 is 10.2 Å². The highest BCUT2D eigenvalue weighted by molar-refractivity contribution is 7.92. The molecule has 3 aromatic rings.